The molecule has 2 rings (SSSR count). The number of para-hydroxylation sites is 1. The summed E-state index contributed by atoms with van der Waals surface area (Å²) in [5, 5.41) is 7.62. The lowest BCUT2D eigenvalue weighted by Gasteiger charge is -2.07. The van der Waals surface area contributed by atoms with Gasteiger partial charge in [0, 0.05) is 18.7 Å². The van der Waals surface area contributed by atoms with Crippen LogP contribution >= 0.6 is 0 Å². The minimum Gasteiger partial charge on any atom is -0.330 e. The summed E-state index contributed by atoms with van der Waals surface area (Å²) >= 11 is 0. The Morgan fingerprint density at radius 2 is 1.88 bits per heavy atom. The normalized spacial score (nSPS) is 12.1. The van der Waals surface area contributed by atoms with Gasteiger partial charge in [0.15, 0.2) is 5.82 Å². The number of aromatic nitrogens is 3. The first-order valence-electron chi connectivity index (χ1n) is 6.54. The molecule has 24 heavy (non-hydrogen) atoms. The molecule has 0 aliphatic heterocycles. The third-order valence-electron chi connectivity index (χ3n) is 2.65. The molecule has 0 aliphatic carbocycles. The Morgan fingerprint density at radius 1 is 1.25 bits per heavy atom. The lowest BCUT2D eigenvalue weighted by atomic mass is 10.3. The molecule has 1 amide bonds. The fourth-order valence-corrected chi connectivity index (χ4v) is 2.67. The van der Waals surface area contributed by atoms with Crippen LogP contribution in [0, 0.1) is 11.6 Å². The summed E-state index contributed by atoms with van der Waals surface area (Å²) in [7, 11) is -4.37. The number of carbonyl (C=O) groups is 1. The molecule has 0 saturated heterocycles. The Kier molecular flexibility index (Phi) is 4.93. The van der Waals surface area contributed by atoms with Crippen molar-refractivity contribution >= 4 is 27.7 Å². The van der Waals surface area contributed by atoms with E-state index in [4.69, 9.17) is 0 Å². The second-order valence-corrected chi connectivity index (χ2v) is 6.31. The zero-order valence-electron chi connectivity index (χ0n) is 12.6. The maximum atomic E-state index is 13.5. The number of hydrogen-bond donors (Lipinski definition) is 3. The van der Waals surface area contributed by atoms with Crippen molar-refractivity contribution in [1.29, 1.82) is 0 Å². The lowest BCUT2D eigenvalue weighted by molar-refractivity contribution is -0.118. The van der Waals surface area contributed by atoms with Crippen LogP contribution in [0.1, 0.15) is 19.7 Å². The number of hydrogen-bond acceptors (Lipinski definition) is 5. The van der Waals surface area contributed by atoms with Crippen LogP contribution in [0.3, 0.4) is 0 Å². The smallest absolute Gasteiger partial charge is 0.297 e. The highest BCUT2D eigenvalue weighted by Crippen LogP contribution is 2.21. The number of halogens is 2. The van der Waals surface area contributed by atoms with Gasteiger partial charge in [-0.25, -0.2) is 13.9 Å². The van der Waals surface area contributed by atoms with E-state index in [0.29, 0.717) is 5.70 Å². The highest BCUT2D eigenvalue weighted by Gasteiger charge is 2.22. The van der Waals surface area contributed by atoms with Crippen molar-refractivity contribution in [3.8, 4) is 0 Å². The van der Waals surface area contributed by atoms with Crippen LogP contribution in [0.15, 0.2) is 29.1 Å². The van der Waals surface area contributed by atoms with Crippen molar-refractivity contribution in [1.82, 2.24) is 20.5 Å². The van der Waals surface area contributed by atoms with E-state index >= 15 is 0 Å². The van der Waals surface area contributed by atoms with Gasteiger partial charge >= 0.3 is 0 Å². The van der Waals surface area contributed by atoms with Crippen LogP contribution in [-0.2, 0) is 14.8 Å². The minimum absolute atomic E-state index is 0.0318. The molecule has 0 spiro atoms. The van der Waals surface area contributed by atoms with Gasteiger partial charge in [-0.3, -0.25) is 9.52 Å². The van der Waals surface area contributed by atoms with E-state index in [9.17, 15) is 22.0 Å². The average molecular weight is 357 g/mol. The predicted molar refractivity (Wildman–Crippen MR) is 81.0 cm³/mol. The molecule has 0 aliphatic rings. The van der Waals surface area contributed by atoms with Crippen LogP contribution in [0.4, 0.5) is 14.5 Å². The number of sulfonamides is 1. The molecule has 1 aromatic carbocycles. The molecule has 1 heterocycles. The first-order chi connectivity index (χ1) is 11.2. The average Bonchev–Trinajstić information content (AvgIpc) is 2.91. The maximum Gasteiger partial charge on any atom is 0.297 e. The molecule has 11 heteroatoms. The molecule has 1 aromatic heterocycles. The fourth-order valence-electron chi connectivity index (χ4n) is 1.73. The topological polar surface area (TPSA) is 117 Å². The highest BCUT2D eigenvalue weighted by molar-refractivity contribution is 7.92. The summed E-state index contributed by atoms with van der Waals surface area (Å²) in [4.78, 5) is 14.6. The van der Waals surface area contributed by atoms with E-state index in [0.717, 1.165) is 18.2 Å². The van der Waals surface area contributed by atoms with E-state index in [1.807, 2.05) is 0 Å². The zero-order valence-corrected chi connectivity index (χ0v) is 13.4. The SMILES string of the molecule is CC(=O)N/C(C)=C/c1n[nH]c(S(=O)(=O)Nc2c(F)cccc2F)n1. The van der Waals surface area contributed by atoms with Crippen molar-refractivity contribution in [2.45, 2.75) is 19.0 Å². The summed E-state index contributed by atoms with van der Waals surface area (Å²) in [6.45, 7) is 2.86. The van der Waals surface area contributed by atoms with E-state index in [-0.39, 0.29) is 11.7 Å². The third-order valence-corrected chi connectivity index (χ3v) is 3.82. The molecule has 128 valence electrons. The maximum absolute atomic E-state index is 13.5. The number of H-pyrrole nitrogens is 1. The molecular weight excluding hydrogens is 344 g/mol. The van der Waals surface area contributed by atoms with Crippen molar-refractivity contribution < 1.29 is 22.0 Å². The molecule has 0 bridgehead atoms. The Morgan fingerprint density at radius 3 is 2.46 bits per heavy atom. The van der Waals surface area contributed by atoms with Gasteiger partial charge in [0.1, 0.15) is 17.3 Å². The van der Waals surface area contributed by atoms with E-state index in [1.165, 1.54) is 13.0 Å². The van der Waals surface area contributed by atoms with Crippen LogP contribution in [0.2, 0.25) is 0 Å². The molecule has 3 N–H and O–H groups in total. The van der Waals surface area contributed by atoms with Gasteiger partial charge in [0.25, 0.3) is 15.2 Å². The van der Waals surface area contributed by atoms with Gasteiger partial charge in [-0.1, -0.05) is 6.07 Å². The Balaban J connectivity index is 2.27. The summed E-state index contributed by atoms with van der Waals surface area (Å²) in [6.07, 6.45) is 1.32. The van der Waals surface area contributed by atoms with Gasteiger partial charge in [-0.15, -0.1) is 0 Å². The monoisotopic (exact) mass is 357 g/mol. The standard InChI is InChI=1S/C13H13F2N5O3S/c1-7(16-8(2)21)6-11-17-13(19-18-11)24(22,23)20-12-9(14)4-3-5-10(12)15/h3-6,20H,1-2H3,(H,16,21)(H,17,18,19)/b7-6+. The number of carbonyl (C=O) groups excluding carboxylic acids is 1. The number of benzene rings is 1. The summed E-state index contributed by atoms with van der Waals surface area (Å²) in [6, 6.07) is 2.92. The summed E-state index contributed by atoms with van der Waals surface area (Å²) < 4.78 is 53.1. The molecule has 0 unspecified atom stereocenters. The first kappa shape index (κ1) is 17.5. The largest absolute Gasteiger partial charge is 0.330 e. The van der Waals surface area contributed by atoms with E-state index < -0.39 is 32.5 Å². The number of amides is 1. The fraction of sp³-hybridized carbons (Fsp3) is 0.154. The molecule has 0 atom stereocenters. The van der Waals surface area contributed by atoms with Crippen LogP contribution in [0.25, 0.3) is 6.08 Å². The lowest BCUT2D eigenvalue weighted by Crippen LogP contribution is -2.17. The van der Waals surface area contributed by atoms with Gasteiger partial charge in [0.05, 0.1) is 0 Å². The number of nitrogens with zero attached hydrogens (tertiary/aromatic N) is 2. The van der Waals surface area contributed by atoms with Gasteiger partial charge in [-0.2, -0.15) is 18.5 Å². The van der Waals surface area contributed by atoms with Crippen molar-refractivity contribution in [3.05, 3.63) is 41.4 Å². The Hall–Kier alpha value is -2.82. The highest BCUT2D eigenvalue weighted by atomic mass is 32.2. The predicted octanol–water partition coefficient (Wildman–Crippen LogP) is 1.38. The Labute approximate surface area is 136 Å². The van der Waals surface area contributed by atoms with Crippen molar-refractivity contribution in [2.24, 2.45) is 0 Å². The molecule has 8 nitrogen and oxygen atoms in total. The quantitative estimate of drug-likeness (QED) is 0.747. The van der Waals surface area contributed by atoms with Gasteiger partial charge in [-0.05, 0) is 19.1 Å². The van der Waals surface area contributed by atoms with Gasteiger partial charge < -0.3 is 5.32 Å². The number of aromatic amines is 1. The first-order valence-corrected chi connectivity index (χ1v) is 8.02. The summed E-state index contributed by atoms with van der Waals surface area (Å²) in [5.74, 6) is -2.49. The van der Waals surface area contributed by atoms with Gasteiger partial charge in [0.2, 0.25) is 5.91 Å². The number of rotatable bonds is 5. The Bertz CT molecular complexity index is 888. The zero-order chi connectivity index (χ0) is 17.9. The second kappa shape index (κ2) is 6.74. The van der Waals surface area contributed by atoms with Crippen LogP contribution in [-0.4, -0.2) is 29.5 Å². The molecule has 0 fully saturated rings. The van der Waals surface area contributed by atoms with Crippen LogP contribution in [0.5, 0.6) is 0 Å². The molecule has 0 radical (unpaired) electrons. The minimum atomic E-state index is -4.37. The summed E-state index contributed by atoms with van der Waals surface area (Å²) in [5.41, 5.74) is -0.432. The molecular formula is C13H13F2N5O3S. The van der Waals surface area contributed by atoms with Crippen molar-refractivity contribution in [2.75, 3.05) is 4.72 Å². The number of nitrogens with one attached hydrogen (secondary N) is 3. The second-order valence-electron chi connectivity index (χ2n) is 4.71. The van der Waals surface area contributed by atoms with Crippen molar-refractivity contribution in [3.63, 3.8) is 0 Å². The van der Waals surface area contributed by atoms with Crippen LogP contribution < -0.4 is 10.0 Å². The third kappa shape index (κ3) is 4.13. The number of allylic oxidation sites excluding steroid dienone is 1. The molecule has 0 saturated carbocycles. The van der Waals surface area contributed by atoms with E-state index in [2.05, 4.69) is 20.5 Å². The molecule has 2 aromatic rings. The number of anilines is 1. The van der Waals surface area contributed by atoms with E-state index in [1.54, 1.807) is 11.6 Å².